The lowest BCUT2D eigenvalue weighted by Gasteiger charge is -2.15. The van der Waals surface area contributed by atoms with Crippen LogP contribution in [0.1, 0.15) is 18.1 Å². The molecule has 1 aliphatic rings. The van der Waals surface area contributed by atoms with Crippen molar-refractivity contribution in [3.8, 4) is 11.5 Å². The molecule has 1 heterocycles. The Morgan fingerprint density at radius 2 is 1.87 bits per heavy atom. The van der Waals surface area contributed by atoms with E-state index in [9.17, 15) is 18.8 Å². The Kier molecular flexibility index (Phi) is 9.09. The number of imide groups is 1. The molecule has 3 aromatic carbocycles. The average molecular weight is 620 g/mol. The van der Waals surface area contributed by atoms with Crippen LogP contribution >= 0.6 is 39.3 Å². The number of nitrogens with one attached hydrogen (secondary N) is 1. The van der Waals surface area contributed by atoms with Crippen LogP contribution in [-0.4, -0.2) is 35.1 Å². The third kappa shape index (κ3) is 6.75. The van der Waals surface area contributed by atoms with Crippen molar-refractivity contribution in [3.05, 3.63) is 92.0 Å². The molecule has 0 spiro atoms. The first-order chi connectivity index (χ1) is 18.2. The van der Waals surface area contributed by atoms with Gasteiger partial charge in [0.1, 0.15) is 19.0 Å². The molecule has 3 aromatic rings. The molecule has 196 valence electrons. The second-order valence-corrected chi connectivity index (χ2v) is 10.3. The summed E-state index contributed by atoms with van der Waals surface area (Å²) in [6.07, 6.45) is 1.49. The summed E-state index contributed by atoms with van der Waals surface area (Å²) >= 11 is 10.6. The highest BCUT2D eigenvalue weighted by molar-refractivity contribution is 9.10. The van der Waals surface area contributed by atoms with Crippen molar-refractivity contribution in [2.24, 2.45) is 0 Å². The van der Waals surface area contributed by atoms with E-state index < -0.39 is 29.4 Å². The topological polar surface area (TPSA) is 84.9 Å². The molecule has 0 atom stereocenters. The van der Waals surface area contributed by atoms with Gasteiger partial charge < -0.3 is 14.8 Å². The van der Waals surface area contributed by atoms with Gasteiger partial charge in [0.2, 0.25) is 5.91 Å². The fourth-order valence-corrected chi connectivity index (χ4v) is 4.87. The molecule has 11 heteroatoms. The van der Waals surface area contributed by atoms with Crippen molar-refractivity contribution in [1.82, 2.24) is 4.90 Å². The van der Waals surface area contributed by atoms with E-state index in [1.807, 2.05) is 31.2 Å². The van der Waals surface area contributed by atoms with Gasteiger partial charge in [-0.2, -0.15) is 0 Å². The molecule has 0 aliphatic carbocycles. The molecule has 0 radical (unpaired) electrons. The molecule has 1 N–H and O–H groups in total. The van der Waals surface area contributed by atoms with Gasteiger partial charge in [-0.05, 0) is 72.3 Å². The molecule has 0 aromatic heterocycles. The number of hydrogen-bond donors (Lipinski definition) is 1. The first-order valence-corrected chi connectivity index (χ1v) is 13.4. The minimum atomic E-state index is -0.701. The maximum Gasteiger partial charge on any atom is 0.294 e. The molecule has 1 aliphatic heterocycles. The van der Waals surface area contributed by atoms with Crippen molar-refractivity contribution >= 4 is 68.1 Å². The van der Waals surface area contributed by atoms with Crippen LogP contribution in [0.25, 0.3) is 6.08 Å². The molecular formula is C27H21BrClFN2O5S. The second kappa shape index (κ2) is 12.5. The fourth-order valence-electron chi connectivity index (χ4n) is 3.49. The van der Waals surface area contributed by atoms with E-state index in [2.05, 4.69) is 21.2 Å². The molecular weight excluding hydrogens is 599 g/mol. The smallest absolute Gasteiger partial charge is 0.294 e. The fraction of sp³-hybridized carbons (Fsp3) is 0.148. The first-order valence-electron chi connectivity index (χ1n) is 11.4. The predicted octanol–water partition coefficient (Wildman–Crippen LogP) is 6.89. The molecule has 0 bridgehead atoms. The van der Waals surface area contributed by atoms with E-state index in [0.29, 0.717) is 35.4 Å². The van der Waals surface area contributed by atoms with Crippen LogP contribution in [0.2, 0.25) is 5.02 Å². The Bertz CT molecular complexity index is 1420. The standard InChI is InChI=1S/C27H21BrClFN2O5S/c1-2-36-22-12-17(11-19(29)25(22)37-15-16-7-9-18(28)10-8-16)13-23-26(34)32(27(35)38-23)14-24(33)31-21-6-4-3-5-20(21)30/h3-13H,2,14-15H2,1H3,(H,31,33)/b23-13-. The summed E-state index contributed by atoms with van der Waals surface area (Å²) in [4.78, 5) is 38.6. The van der Waals surface area contributed by atoms with Crippen molar-refractivity contribution in [3.63, 3.8) is 0 Å². The molecule has 0 unspecified atom stereocenters. The van der Waals surface area contributed by atoms with E-state index in [0.717, 1.165) is 14.9 Å². The highest BCUT2D eigenvalue weighted by Crippen LogP contribution is 2.39. The zero-order valence-corrected chi connectivity index (χ0v) is 23.2. The molecule has 1 saturated heterocycles. The number of hydrogen-bond acceptors (Lipinski definition) is 6. The molecule has 4 rings (SSSR count). The van der Waals surface area contributed by atoms with Gasteiger partial charge in [0.05, 0.1) is 22.2 Å². The Morgan fingerprint density at radius 1 is 1.13 bits per heavy atom. The van der Waals surface area contributed by atoms with E-state index in [4.69, 9.17) is 21.1 Å². The Morgan fingerprint density at radius 3 is 2.58 bits per heavy atom. The summed E-state index contributed by atoms with van der Waals surface area (Å²) in [5.41, 5.74) is 1.40. The minimum Gasteiger partial charge on any atom is -0.490 e. The molecule has 7 nitrogen and oxygen atoms in total. The number of rotatable bonds is 9. The number of para-hydroxylation sites is 1. The number of carbonyl (C=O) groups is 3. The highest BCUT2D eigenvalue weighted by Gasteiger charge is 2.36. The molecule has 0 saturated carbocycles. The van der Waals surface area contributed by atoms with Crippen LogP contribution in [0.15, 0.2) is 70.0 Å². The van der Waals surface area contributed by atoms with Crippen LogP contribution in [0, 0.1) is 5.82 Å². The Balaban J connectivity index is 1.49. The van der Waals surface area contributed by atoms with Gasteiger partial charge in [-0.15, -0.1) is 0 Å². The summed E-state index contributed by atoms with van der Waals surface area (Å²) in [6, 6.07) is 16.5. The minimum absolute atomic E-state index is 0.0412. The zero-order valence-electron chi connectivity index (χ0n) is 20.0. The van der Waals surface area contributed by atoms with Crippen molar-refractivity contribution < 1.29 is 28.2 Å². The molecule has 3 amide bonds. The number of ether oxygens (including phenoxy) is 2. The van der Waals surface area contributed by atoms with Crippen LogP contribution in [-0.2, 0) is 16.2 Å². The van der Waals surface area contributed by atoms with E-state index in [-0.39, 0.29) is 22.2 Å². The molecule has 38 heavy (non-hydrogen) atoms. The van der Waals surface area contributed by atoms with Gasteiger partial charge in [-0.25, -0.2) is 4.39 Å². The highest BCUT2D eigenvalue weighted by atomic mass is 79.9. The summed E-state index contributed by atoms with van der Waals surface area (Å²) in [6.45, 7) is 1.88. The lowest BCUT2D eigenvalue weighted by molar-refractivity contribution is -0.127. The van der Waals surface area contributed by atoms with Crippen LogP contribution in [0.4, 0.5) is 14.9 Å². The lowest BCUT2D eigenvalue weighted by Crippen LogP contribution is -2.36. The van der Waals surface area contributed by atoms with E-state index in [1.165, 1.54) is 24.3 Å². The normalized spacial score (nSPS) is 14.2. The van der Waals surface area contributed by atoms with Gasteiger partial charge in [-0.3, -0.25) is 19.3 Å². The summed E-state index contributed by atoms with van der Waals surface area (Å²) < 4.78 is 26.4. The maximum atomic E-state index is 13.8. The number of thioether (sulfide) groups is 1. The molecule has 1 fully saturated rings. The number of anilines is 1. The summed E-state index contributed by atoms with van der Waals surface area (Å²) in [5, 5.41) is 2.02. The Hall–Kier alpha value is -3.34. The average Bonchev–Trinajstić information content (AvgIpc) is 3.13. The number of benzene rings is 3. The lowest BCUT2D eigenvalue weighted by atomic mass is 10.1. The first kappa shape index (κ1) is 27.7. The van der Waals surface area contributed by atoms with Gasteiger partial charge in [-0.1, -0.05) is 51.8 Å². The van der Waals surface area contributed by atoms with Crippen molar-refractivity contribution in [1.29, 1.82) is 0 Å². The van der Waals surface area contributed by atoms with Crippen LogP contribution in [0.3, 0.4) is 0 Å². The third-order valence-corrected chi connectivity index (χ3v) is 6.97. The number of halogens is 3. The van der Waals surface area contributed by atoms with Gasteiger partial charge >= 0.3 is 0 Å². The van der Waals surface area contributed by atoms with Gasteiger partial charge in [0.15, 0.2) is 11.5 Å². The van der Waals surface area contributed by atoms with E-state index >= 15 is 0 Å². The summed E-state index contributed by atoms with van der Waals surface area (Å²) in [7, 11) is 0. The number of amides is 3. The number of carbonyl (C=O) groups excluding carboxylic acids is 3. The van der Waals surface area contributed by atoms with E-state index in [1.54, 1.807) is 18.2 Å². The second-order valence-electron chi connectivity index (χ2n) is 7.97. The Labute approximate surface area is 236 Å². The number of nitrogens with zero attached hydrogens (tertiary/aromatic N) is 1. The quantitative estimate of drug-likeness (QED) is 0.263. The van der Waals surface area contributed by atoms with Crippen molar-refractivity contribution in [2.75, 3.05) is 18.5 Å². The third-order valence-electron chi connectivity index (χ3n) is 5.25. The zero-order chi connectivity index (χ0) is 27.2. The maximum absolute atomic E-state index is 13.8. The van der Waals surface area contributed by atoms with Gasteiger partial charge in [0, 0.05) is 4.47 Å². The monoisotopic (exact) mass is 618 g/mol. The SMILES string of the molecule is CCOc1cc(/C=C2\SC(=O)N(CC(=O)Nc3ccccc3F)C2=O)cc(Cl)c1OCc1ccc(Br)cc1. The van der Waals surface area contributed by atoms with Crippen molar-refractivity contribution in [2.45, 2.75) is 13.5 Å². The summed E-state index contributed by atoms with van der Waals surface area (Å²) in [5.74, 6) is -1.24. The predicted molar refractivity (Wildman–Crippen MR) is 149 cm³/mol. The largest absolute Gasteiger partial charge is 0.490 e. The van der Waals surface area contributed by atoms with Crippen LogP contribution in [0.5, 0.6) is 11.5 Å². The van der Waals surface area contributed by atoms with Crippen LogP contribution < -0.4 is 14.8 Å². The van der Waals surface area contributed by atoms with Gasteiger partial charge in [0.25, 0.3) is 11.1 Å².